The molecule has 1 fully saturated rings. The average molecular weight is 419 g/mol. The second-order valence-electron chi connectivity index (χ2n) is 8.89. The molecule has 2 rings (SSSR count). The molecule has 2 unspecified atom stereocenters. The van der Waals surface area contributed by atoms with Crippen molar-refractivity contribution in [1.82, 2.24) is 10.6 Å². The molecule has 4 N–H and O–H groups in total. The summed E-state index contributed by atoms with van der Waals surface area (Å²) in [5.74, 6) is 0.730. The van der Waals surface area contributed by atoms with Crippen molar-refractivity contribution in [2.24, 2.45) is 5.92 Å². The number of hydrogen-bond donors (Lipinski definition) is 4. The van der Waals surface area contributed by atoms with Crippen LogP contribution in [0.2, 0.25) is 0 Å². The second-order valence-corrected chi connectivity index (χ2v) is 8.89. The van der Waals surface area contributed by atoms with Crippen LogP contribution in [-0.4, -0.2) is 40.2 Å². The maximum atomic E-state index is 12.1. The third-order valence-electron chi connectivity index (χ3n) is 6.02. The van der Waals surface area contributed by atoms with Gasteiger partial charge in [-0.05, 0) is 88.8 Å². The molecule has 0 saturated heterocycles. The molecule has 0 heterocycles. The Balaban J connectivity index is 1.55. The molecule has 6 nitrogen and oxygen atoms in total. The Bertz CT molecular complexity index is 654. The predicted molar refractivity (Wildman–Crippen MR) is 118 cm³/mol. The highest BCUT2D eigenvalue weighted by Gasteiger charge is 2.20. The van der Waals surface area contributed by atoms with Crippen LogP contribution >= 0.6 is 0 Å². The SMILES string of the molecule is CC(CCc1ccc(O)cc1)NC(=O)CCC(=O)NC(C)CCC1CCC(O)CC1. The Morgan fingerprint density at radius 2 is 1.47 bits per heavy atom. The minimum absolute atomic E-state index is 0.0299. The van der Waals surface area contributed by atoms with Crippen LogP contribution in [-0.2, 0) is 16.0 Å². The van der Waals surface area contributed by atoms with Gasteiger partial charge in [-0.3, -0.25) is 9.59 Å². The number of amides is 2. The molecule has 1 aliphatic carbocycles. The molecule has 0 radical (unpaired) electrons. The van der Waals surface area contributed by atoms with Gasteiger partial charge in [0.05, 0.1) is 6.10 Å². The van der Waals surface area contributed by atoms with Gasteiger partial charge in [0.15, 0.2) is 0 Å². The van der Waals surface area contributed by atoms with Crippen LogP contribution in [0.25, 0.3) is 0 Å². The summed E-state index contributed by atoms with van der Waals surface area (Å²) >= 11 is 0. The van der Waals surface area contributed by atoms with Crippen molar-refractivity contribution in [3.8, 4) is 5.75 Å². The number of hydrogen-bond acceptors (Lipinski definition) is 4. The maximum Gasteiger partial charge on any atom is 0.220 e. The fourth-order valence-corrected chi connectivity index (χ4v) is 4.03. The van der Waals surface area contributed by atoms with E-state index < -0.39 is 0 Å². The summed E-state index contributed by atoms with van der Waals surface area (Å²) in [6.45, 7) is 3.98. The first-order valence-corrected chi connectivity index (χ1v) is 11.4. The van der Waals surface area contributed by atoms with E-state index in [0.717, 1.165) is 56.9 Å². The Morgan fingerprint density at radius 1 is 0.933 bits per heavy atom. The molecule has 0 aliphatic heterocycles. The van der Waals surface area contributed by atoms with Crippen LogP contribution in [0.5, 0.6) is 5.75 Å². The molecule has 1 saturated carbocycles. The summed E-state index contributed by atoms with van der Waals surface area (Å²) in [5, 5.41) is 24.8. The van der Waals surface area contributed by atoms with Crippen LogP contribution in [0.1, 0.15) is 77.2 Å². The lowest BCUT2D eigenvalue weighted by Gasteiger charge is -2.26. The van der Waals surface area contributed by atoms with Gasteiger partial charge in [0.2, 0.25) is 11.8 Å². The van der Waals surface area contributed by atoms with Crippen molar-refractivity contribution in [3.63, 3.8) is 0 Å². The topological polar surface area (TPSA) is 98.7 Å². The molecular weight excluding hydrogens is 380 g/mol. The number of aliphatic hydroxyl groups excluding tert-OH is 1. The highest BCUT2D eigenvalue weighted by molar-refractivity contribution is 5.83. The largest absolute Gasteiger partial charge is 0.508 e. The van der Waals surface area contributed by atoms with Gasteiger partial charge in [0.1, 0.15) is 5.75 Å². The van der Waals surface area contributed by atoms with E-state index in [-0.39, 0.29) is 48.6 Å². The van der Waals surface area contributed by atoms with Crippen molar-refractivity contribution in [3.05, 3.63) is 29.8 Å². The number of benzene rings is 1. The average Bonchev–Trinajstić information content (AvgIpc) is 2.71. The van der Waals surface area contributed by atoms with Crippen molar-refractivity contribution in [1.29, 1.82) is 0 Å². The van der Waals surface area contributed by atoms with E-state index in [1.165, 1.54) is 0 Å². The molecule has 1 aromatic rings. The normalized spacial score (nSPS) is 20.9. The van der Waals surface area contributed by atoms with Crippen molar-refractivity contribution in [2.75, 3.05) is 0 Å². The molecule has 0 spiro atoms. The zero-order valence-electron chi connectivity index (χ0n) is 18.4. The molecule has 168 valence electrons. The first kappa shape index (κ1) is 24.2. The van der Waals surface area contributed by atoms with Gasteiger partial charge in [-0.25, -0.2) is 0 Å². The number of aliphatic hydroxyl groups is 1. The van der Waals surface area contributed by atoms with Gasteiger partial charge in [0.25, 0.3) is 0 Å². The molecular formula is C24H38N2O4. The summed E-state index contributed by atoms with van der Waals surface area (Å²) in [6, 6.07) is 7.23. The van der Waals surface area contributed by atoms with E-state index >= 15 is 0 Å². The van der Waals surface area contributed by atoms with Gasteiger partial charge < -0.3 is 20.8 Å². The molecule has 1 aliphatic rings. The van der Waals surface area contributed by atoms with Gasteiger partial charge in [-0.2, -0.15) is 0 Å². The lowest BCUT2D eigenvalue weighted by molar-refractivity contribution is -0.127. The van der Waals surface area contributed by atoms with Gasteiger partial charge in [0, 0.05) is 24.9 Å². The van der Waals surface area contributed by atoms with E-state index in [0.29, 0.717) is 5.92 Å². The number of phenolic OH excluding ortho intramolecular Hbond substituents is 1. The van der Waals surface area contributed by atoms with Crippen LogP contribution < -0.4 is 10.6 Å². The first-order chi connectivity index (χ1) is 14.3. The second kappa shape index (κ2) is 12.6. The number of rotatable bonds is 11. The van der Waals surface area contributed by atoms with Crippen molar-refractivity contribution >= 4 is 11.8 Å². The Morgan fingerprint density at radius 3 is 2.03 bits per heavy atom. The Kier molecular flexibility index (Phi) is 10.1. The predicted octanol–water partition coefficient (Wildman–Crippen LogP) is 3.45. The van der Waals surface area contributed by atoms with E-state index in [1.807, 2.05) is 26.0 Å². The lowest BCUT2D eigenvalue weighted by Crippen LogP contribution is -2.36. The standard InChI is InChI=1S/C24H38N2O4/c1-17(3-5-19-7-11-21(27)12-8-19)25-23(29)15-16-24(30)26-18(2)4-6-20-9-13-22(28)14-10-20/h7-8,11-12,17-18,20,22,27-28H,3-6,9-10,13-16H2,1-2H3,(H,25,29)(H,26,30). The number of aryl methyl sites for hydroxylation is 1. The van der Waals surface area contributed by atoms with Gasteiger partial charge in [-0.15, -0.1) is 0 Å². The van der Waals surface area contributed by atoms with Crippen LogP contribution in [0.15, 0.2) is 24.3 Å². The first-order valence-electron chi connectivity index (χ1n) is 11.4. The Labute approximate surface area is 180 Å². The van der Waals surface area contributed by atoms with Crippen LogP contribution in [0.3, 0.4) is 0 Å². The monoisotopic (exact) mass is 418 g/mol. The highest BCUT2D eigenvalue weighted by atomic mass is 16.3. The maximum absolute atomic E-state index is 12.1. The van der Waals surface area contributed by atoms with Gasteiger partial charge in [-0.1, -0.05) is 12.1 Å². The molecule has 6 heteroatoms. The summed E-state index contributed by atoms with van der Waals surface area (Å²) in [7, 11) is 0. The van der Waals surface area contributed by atoms with Gasteiger partial charge >= 0.3 is 0 Å². The Hall–Kier alpha value is -2.08. The number of carbonyl (C=O) groups excluding carboxylic acids is 2. The summed E-state index contributed by atoms with van der Waals surface area (Å²) < 4.78 is 0. The van der Waals surface area contributed by atoms with Crippen LogP contribution in [0, 0.1) is 5.92 Å². The fraction of sp³-hybridized carbons (Fsp3) is 0.667. The quantitative estimate of drug-likeness (QED) is 0.442. The van der Waals surface area contributed by atoms with E-state index in [9.17, 15) is 19.8 Å². The summed E-state index contributed by atoms with van der Waals surface area (Å²) in [6.07, 6.45) is 7.86. The smallest absolute Gasteiger partial charge is 0.220 e. The van der Waals surface area contributed by atoms with E-state index in [4.69, 9.17) is 0 Å². The minimum Gasteiger partial charge on any atom is -0.508 e. The zero-order chi connectivity index (χ0) is 21.9. The van der Waals surface area contributed by atoms with E-state index in [2.05, 4.69) is 10.6 Å². The highest BCUT2D eigenvalue weighted by Crippen LogP contribution is 2.28. The van der Waals surface area contributed by atoms with Crippen molar-refractivity contribution < 1.29 is 19.8 Å². The molecule has 2 atom stereocenters. The molecule has 0 aromatic heterocycles. The van der Waals surface area contributed by atoms with Crippen molar-refractivity contribution in [2.45, 2.75) is 96.2 Å². The molecule has 30 heavy (non-hydrogen) atoms. The zero-order valence-corrected chi connectivity index (χ0v) is 18.4. The lowest BCUT2D eigenvalue weighted by atomic mass is 9.84. The fourth-order valence-electron chi connectivity index (χ4n) is 4.03. The number of nitrogens with one attached hydrogen (secondary N) is 2. The minimum atomic E-state index is -0.125. The van der Waals surface area contributed by atoms with E-state index in [1.54, 1.807) is 12.1 Å². The molecule has 2 amide bonds. The third-order valence-corrected chi connectivity index (χ3v) is 6.02. The number of phenols is 1. The molecule has 0 bridgehead atoms. The van der Waals surface area contributed by atoms with Crippen LogP contribution in [0.4, 0.5) is 0 Å². The molecule has 1 aromatic carbocycles. The number of aromatic hydroxyl groups is 1. The number of carbonyl (C=O) groups is 2. The summed E-state index contributed by atoms with van der Waals surface area (Å²) in [4.78, 5) is 24.2. The third kappa shape index (κ3) is 9.61. The summed E-state index contributed by atoms with van der Waals surface area (Å²) in [5.41, 5.74) is 1.12.